The van der Waals surface area contributed by atoms with Crippen LogP contribution >= 0.6 is 0 Å². The molecule has 0 atom stereocenters. The molecule has 21 heavy (non-hydrogen) atoms. The number of nitro groups is 1. The number of rotatable bonds is 6. The van der Waals surface area contributed by atoms with E-state index >= 15 is 0 Å². The highest BCUT2D eigenvalue weighted by molar-refractivity contribution is 5.59. The number of anilines is 2. The molecule has 1 heterocycles. The maximum absolute atomic E-state index is 11.0. The SMILES string of the molecule is Cc1nn(C)c(NCCOc2ccc(N)cc2)c1[N+](=O)[O-]. The number of nitrogens with two attached hydrogens (primary N) is 1. The highest BCUT2D eigenvalue weighted by atomic mass is 16.6. The van der Waals surface area contributed by atoms with Crippen LogP contribution in [-0.2, 0) is 7.05 Å². The van der Waals surface area contributed by atoms with E-state index in [9.17, 15) is 10.1 Å². The Bertz CT molecular complexity index is 636. The van der Waals surface area contributed by atoms with Gasteiger partial charge in [0.15, 0.2) is 0 Å². The lowest BCUT2D eigenvalue weighted by molar-refractivity contribution is -0.384. The number of aromatic nitrogens is 2. The number of nitrogens with one attached hydrogen (secondary N) is 1. The van der Waals surface area contributed by atoms with E-state index < -0.39 is 4.92 Å². The molecule has 1 aromatic heterocycles. The van der Waals surface area contributed by atoms with E-state index in [-0.39, 0.29) is 5.69 Å². The van der Waals surface area contributed by atoms with Gasteiger partial charge in [-0.25, -0.2) is 4.68 Å². The fraction of sp³-hybridized carbons (Fsp3) is 0.308. The van der Waals surface area contributed by atoms with Gasteiger partial charge in [0.05, 0.1) is 11.5 Å². The van der Waals surface area contributed by atoms with Crippen LogP contribution in [0.2, 0.25) is 0 Å². The van der Waals surface area contributed by atoms with Crippen molar-refractivity contribution in [1.82, 2.24) is 9.78 Å². The second-order valence-corrected chi connectivity index (χ2v) is 4.51. The van der Waals surface area contributed by atoms with Crippen LogP contribution in [0.3, 0.4) is 0 Å². The Kier molecular flexibility index (Phi) is 4.27. The lowest BCUT2D eigenvalue weighted by Gasteiger charge is -2.08. The van der Waals surface area contributed by atoms with Crippen LogP contribution in [-0.4, -0.2) is 27.9 Å². The third-order valence-electron chi connectivity index (χ3n) is 2.92. The van der Waals surface area contributed by atoms with Crippen molar-refractivity contribution in [3.63, 3.8) is 0 Å². The van der Waals surface area contributed by atoms with E-state index in [1.165, 1.54) is 4.68 Å². The number of nitrogens with zero attached hydrogens (tertiary/aromatic N) is 3. The molecule has 0 spiro atoms. The summed E-state index contributed by atoms with van der Waals surface area (Å²) >= 11 is 0. The van der Waals surface area contributed by atoms with Crippen molar-refractivity contribution in [2.45, 2.75) is 6.92 Å². The summed E-state index contributed by atoms with van der Waals surface area (Å²) in [5, 5.41) is 18.0. The zero-order chi connectivity index (χ0) is 15.4. The van der Waals surface area contributed by atoms with Crippen molar-refractivity contribution in [3.8, 4) is 5.75 Å². The molecule has 0 bridgehead atoms. The zero-order valence-electron chi connectivity index (χ0n) is 11.9. The zero-order valence-corrected chi connectivity index (χ0v) is 11.9. The van der Waals surface area contributed by atoms with Crippen LogP contribution in [0.1, 0.15) is 5.69 Å². The van der Waals surface area contributed by atoms with Crippen LogP contribution in [0, 0.1) is 17.0 Å². The predicted molar refractivity (Wildman–Crippen MR) is 79.4 cm³/mol. The molecule has 0 aliphatic carbocycles. The fourth-order valence-electron chi connectivity index (χ4n) is 1.97. The molecule has 0 aliphatic heterocycles. The average Bonchev–Trinajstić information content (AvgIpc) is 2.71. The Morgan fingerprint density at radius 3 is 2.71 bits per heavy atom. The molecule has 0 unspecified atom stereocenters. The van der Waals surface area contributed by atoms with E-state index in [0.717, 1.165) is 0 Å². The summed E-state index contributed by atoms with van der Waals surface area (Å²) < 4.78 is 6.97. The van der Waals surface area contributed by atoms with Crippen LogP contribution in [0.25, 0.3) is 0 Å². The Hall–Kier alpha value is -2.77. The predicted octanol–water partition coefficient (Wildman–Crippen LogP) is 1.71. The van der Waals surface area contributed by atoms with Gasteiger partial charge in [-0.2, -0.15) is 5.10 Å². The van der Waals surface area contributed by atoms with Gasteiger partial charge in [0.25, 0.3) is 0 Å². The van der Waals surface area contributed by atoms with Crippen molar-refractivity contribution in [2.75, 3.05) is 24.2 Å². The van der Waals surface area contributed by atoms with Crippen molar-refractivity contribution in [1.29, 1.82) is 0 Å². The number of benzene rings is 1. The molecule has 2 rings (SSSR count). The van der Waals surface area contributed by atoms with Gasteiger partial charge in [0, 0.05) is 12.7 Å². The largest absolute Gasteiger partial charge is 0.492 e. The summed E-state index contributed by atoms with van der Waals surface area (Å²) in [6.45, 7) is 2.39. The maximum atomic E-state index is 11.0. The molecule has 0 radical (unpaired) electrons. The second kappa shape index (κ2) is 6.12. The van der Waals surface area contributed by atoms with Crippen molar-refractivity contribution in [3.05, 3.63) is 40.1 Å². The van der Waals surface area contributed by atoms with E-state index in [2.05, 4.69) is 10.4 Å². The molecular weight excluding hydrogens is 274 g/mol. The summed E-state index contributed by atoms with van der Waals surface area (Å²) in [6.07, 6.45) is 0. The first kappa shape index (κ1) is 14.6. The minimum absolute atomic E-state index is 0.00927. The Morgan fingerprint density at radius 2 is 2.10 bits per heavy atom. The summed E-state index contributed by atoms with van der Waals surface area (Å²) in [4.78, 5) is 10.6. The quantitative estimate of drug-likeness (QED) is 0.363. The van der Waals surface area contributed by atoms with Gasteiger partial charge in [0.1, 0.15) is 18.1 Å². The van der Waals surface area contributed by atoms with Crippen LogP contribution in [0.5, 0.6) is 5.75 Å². The van der Waals surface area contributed by atoms with E-state index in [1.807, 2.05) is 0 Å². The monoisotopic (exact) mass is 291 g/mol. The van der Waals surface area contributed by atoms with Crippen LogP contribution in [0.4, 0.5) is 17.2 Å². The van der Waals surface area contributed by atoms with Crippen LogP contribution < -0.4 is 15.8 Å². The van der Waals surface area contributed by atoms with Gasteiger partial charge in [0.2, 0.25) is 5.82 Å². The minimum Gasteiger partial charge on any atom is -0.492 e. The molecule has 0 saturated carbocycles. The van der Waals surface area contributed by atoms with E-state index in [1.54, 1.807) is 38.2 Å². The number of hydrogen-bond donors (Lipinski definition) is 2. The number of ether oxygens (including phenoxy) is 1. The fourth-order valence-corrected chi connectivity index (χ4v) is 1.97. The molecule has 0 fully saturated rings. The normalized spacial score (nSPS) is 10.4. The first-order valence-electron chi connectivity index (χ1n) is 6.39. The highest BCUT2D eigenvalue weighted by Gasteiger charge is 2.23. The third-order valence-corrected chi connectivity index (χ3v) is 2.92. The maximum Gasteiger partial charge on any atom is 0.333 e. The third kappa shape index (κ3) is 3.41. The molecule has 8 nitrogen and oxygen atoms in total. The standard InChI is InChI=1S/C13H17N5O3/c1-9-12(18(19)20)13(17(2)16-9)15-7-8-21-11-5-3-10(14)4-6-11/h3-6,15H,7-8,14H2,1-2H3. The Morgan fingerprint density at radius 1 is 1.43 bits per heavy atom. The molecule has 112 valence electrons. The van der Waals surface area contributed by atoms with Crippen molar-refractivity contribution in [2.24, 2.45) is 7.05 Å². The number of hydrogen-bond acceptors (Lipinski definition) is 6. The number of nitrogen functional groups attached to an aromatic ring is 1. The Labute approximate surface area is 121 Å². The molecule has 2 aromatic rings. The molecule has 0 saturated heterocycles. The highest BCUT2D eigenvalue weighted by Crippen LogP contribution is 2.26. The lowest BCUT2D eigenvalue weighted by atomic mass is 10.3. The molecule has 0 amide bonds. The first-order chi connectivity index (χ1) is 9.99. The average molecular weight is 291 g/mol. The molecule has 1 aromatic carbocycles. The second-order valence-electron chi connectivity index (χ2n) is 4.51. The van der Waals surface area contributed by atoms with Crippen molar-refractivity contribution >= 4 is 17.2 Å². The van der Waals surface area contributed by atoms with Gasteiger partial charge >= 0.3 is 5.69 Å². The first-order valence-corrected chi connectivity index (χ1v) is 6.39. The Balaban J connectivity index is 1.92. The van der Waals surface area contributed by atoms with Gasteiger partial charge in [-0.15, -0.1) is 0 Å². The summed E-state index contributed by atoms with van der Waals surface area (Å²) in [7, 11) is 1.66. The number of aryl methyl sites for hydroxylation is 2. The van der Waals surface area contributed by atoms with Gasteiger partial charge < -0.3 is 15.8 Å². The molecular formula is C13H17N5O3. The lowest BCUT2D eigenvalue weighted by Crippen LogP contribution is -2.14. The molecule has 8 heteroatoms. The van der Waals surface area contributed by atoms with Gasteiger partial charge in [-0.1, -0.05) is 0 Å². The molecule has 0 aliphatic rings. The van der Waals surface area contributed by atoms with E-state index in [0.29, 0.717) is 36.1 Å². The molecule has 3 N–H and O–H groups in total. The van der Waals surface area contributed by atoms with E-state index in [4.69, 9.17) is 10.5 Å². The van der Waals surface area contributed by atoms with Crippen molar-refractivity contribution < 1.29 is 9.66 Å². The van der Waals surface area contributed by atoms with Gasteiger partial charge in [-0.05, 0) is 31.2 Å². The summed E-state index contributed by atoms with van der Waals surface area (Å²) in [6, 6.07) is 7.04. The van der Waals surface area contributed by atoms with Gasteiger partial charge in [-0.3, -0.25) is 10.1 Å². The smallest absolute Gasteiger partial charge is 0.333 e. The summed E-state index contributed by atoms with van der Waals surface area (Å²) in [5.74, 6) is 1.07. The van der Waals surface area contributed by atoms with Crippen LogP contribution in [0.15, 0.2) is 24.3 Å². The minimum atomic E-state index is -0.439. The topological polar surface area (TPSA) is 108 Å². The summed E-state index contributed by atoms with van der Waals surface area (Å²) in [5.41, 5.74) is 6.62.